The lowest BCUT2D eigenvalue weighted by Gasteiger charge is -2.13. The highest BCUT2D eigenvalue weighted by Crippen LogP contribution is 2.39. The largest absolute Gasteiger partial charge is 0.481 e. The molecule has 0 spiro atoms. The van der Waals surface area contributed by atoms with E-state index in [0.29, 0.717) is 6.42 Å². The van der Waals surface area contributed by atoms with Crippen LogP contribution in [0.3, 0.4) is 0 Å². The first kappa shape index (κ1) is 11.6. The normalized spacial score (nSPS) is 23.8. The van der Waals surface area contributed by atoms with Gasteiger partial charge < -0.3 is 10.4 Å². The Morgan fingerprint density at radius 1 is 1.29 bits per heavy atom. The number of carboxylic acids is 1. The predicted molar refractivity (Wildman–Crippen MR) is 62.2 cm³/mol. The quantitative estimate of drug-likeness (QED) is 0.829. The van der Waals surface area contributed by atoms with Gasteiger partial charge in [-0.15, -0.1) is 0 Å². The van der Waals surface area contributed by atoms with E-state index < -0.39 is 11.9 Å². The lowest BCUT2D eigenvalue weighted by molar-refractivity contribution is -0.140. The van der Waals surface area contributed by atoms with Crippen molar-refractivity contribution in [3.05, 3.63) is 35.9 Å². The molecule has 17 heavy (non-hydrogen) atoms. The fourth-order valence-electron chi connectivity index (χ4n) is 1.90. The average Bonchev–Trinajstić information content (AvgIpc) is 3.10. The molecule has 90 valence electrons. The molecule has 3 atom stereocenters. The molecule has 1 aliphatic carbocycles. The van der Waals surface area contributed by atoms with Crippen molar-refractivity contribution < 1.29 is 14.7 Å². The zero-order valence-corrected chi connectivity index (χ0v) is 9.59. The summed E-state index contributed by atoms with van der Waals surface area (Å²) in [5.74, 6) is -1.87. The van der Waals surface area contributed by atoms with Crippen LogP contribution in [0.4, 0.5) is 0 Å². The van der Waals surface area contributed by atoms with Gasteiger partial charge in [0.2, 0.25) is 5.91 Å². The van der Waals surface area contributed by atoms with Gasteiger partial charge in [-0.25, -0.2) is 0 Å². The number of carbonyl (C=O) groups excluding carboxylic acids is 1. The first-order valence-electron chi connectivity index (χ1n) is 5.67. The minimum absolute atomic E-state index is 0.0845. The molecule has 0 bridgehead atoms. The van der Waals surface area contributed by atoms with Gasteiger partial charge in [0.05, 0.1) is 17.9 Å². The second-order valence-corrected chi connectivity index (χ2v) is 4.43. The van der Waals surface area contributed by atoms with E-state index in [1.54, 1.807) is 0 Å². The van der Waals surface area contributed by atoms with Crippen LogP contribution in [0.15, 0.2) is 30.3 Å². The average molecular weight is 233 g/mol. The number of carboxylic acid groups (broad SMARTS) is 1. The Morgan fingerprint density at radius 2 is 1.94 bits per heavy atom. The summed E-state index contributed by atoms with van der Waals surface area (Å²) in [6.45, 7) is 1.89. The van der Waals surface area contributed by atoms with Gasteiger partial charge in [-0.2, -0.15) is 0 Å². The lowest BCUT2D eigenvalue weighted by Crippen LogP contribution is -2.29. The van der Waals surface area contributed by atoms with Crippen LogP contribution in [0.25, 0.3) is 0 Å². The highest BCUT2D eigenvalue weighted by molar-refractivity contribution is 5.89. The Hall–Kier alpha value is -1.84. The standard InChI is InChI=1S/C13H15NO3/c1-8(9-5-3-2-4-6-9)14-12(15)10-7-11(10)13(16)17/h2-6,8,10-11H,7H2,1H3,(H,14,15)(H,16,17)/t8-,10-,11-/m0/s1. The summed E-state index contributed by atoms with van der Waals surface area (Å²) in [7, 11) is 0. The van der Waals surface area contributed by atoms with E-state index in [9.17, 15) is 9.59 Å². The van der Waals surface area contributed by atoms with Gasteiger partial charge in [0.25, 0.3) is 0 Å². The molecule has 1 fully saturated rings. The highest BCUT2D eigenvalue weighted by Gasteiger charge is 2.48. The van der Waals surface area contributed by atoms with Crippen molar-refractivity contribution in [1.82, 2.24) is 5.32 Å². The van der Waals surface area contributed by atoms with Crippen LogP contribution in [0, 0.1) is 11.8 Å². The number of amides is 1. The number of benzene rings is 1. The van der Waals surface area contributed by atoms with Crippen LogP contribution in [0.1, 0.15) is 24.9 Å². The van der Waals surface area contributed by atoms with Gasteiger partial charge in [-0.1, -0.05) is 30.3 Å². The topological polar surface area (TPSA) is 66.4 Å². The number of aliphatic carboxylic acids is 1. The SMILES string of the molecule is C[C@H](NC(=O)[C@H]1C[C@@H]1C(=O)O)c1ccccc1. The summed E-state index contributed by atoms with van der Waals surface area (Å²) in [4.78, 5) is 22.4. The molecule has 0 saturated heterocycles. The molecule has 0 unspecified atom stereocenters. The van der Waals surface area contributed by atoms with E-state index in [1.165, 1.54) is 0 Å². The second-order valence-electron chi connectivity index (χ2n) is 4.43. The van der Waals surface area contributed by atoms with E-state index in [-0.39, 0.29) is 17.9 Å². The first-order valence-corrected chi connectivity index (χ1v) is 5.67. The van der Waals surface area contributed by atoms with Gasteiger partial charge >= 0.3 is 5.97 Å². The molecule has 2 rings (SSSR count). The van der Waals surface area contributed by atoms with Crippen molar-refractivity contribution in [1.29, 1.82) is 0 Å². The molecule has 0 aromatic heterocycles. The molecule has 0 aliphatic heterocycles. The first-order chi connectivity index (χ1) is 8.09. The molecular formula is C13H15NO3. The van der Waals surface area contributed by atoms with Crippen molar-refractivity contribution >= 4 is 11.9 Å². The Balaban J connectivity index is 1.90. The van der Waals surface area contributed by atoms with Gasteiger partial charge in [0.15, 0.2) is 0 Å². The molecule has 1 aromatic carbocycles. The van der Waals surface area contributed by atoms with Crippen LogP contribution in [-0.4, -0.2) is 17.0 Å². The van der Waals surface area contributed by atoms with Crippen LogP contribution in [0.2, 0.25) is 0 Å². The van der Waals surface area contributed by atoms with E-state index in [0.717, 1.165) is 5.56 Å². The number of carbonyl (C=O) groups is 2. The summed E-state index contributed by atoms with van der Waals surface area (Å²) in [6.07, 6.45) is 0.461. The minimum Gasteiger partial charge on any atom is -0.481 e. The van der Waals surface area contributed by atoms with Crippen LogP contribution in [-0.2, 0) is 9.59 Å². The highest BCUT2D eigenvalue weighted by atomic mass is 16.4. The van der Waals surface area contributed by atoms with Crippen molar-refractivity contribution in [2.45, 2.75) is 19.4 Å². The summed E-state index contributed by atoms with van der Waals surface area (Å²) < 4.78 is 0. The third-order valence-electron chi connectivity index (χ3n) is 3.10. The van der Waals surface area contributed by atoms with Crippen molar-refractivity contribution in [3.63, 3.8) is 0 Å². The van der Waals surface area contributed by atoms with Gasteiger partial charge in [-0.3, -0.25) is 9.59 Å². The van der Waals surface area contributed by atoms with Crippen molar-refractivity contribution in [2.75, 3.05) is 0 Å². The monoisotopic (exact) mass is 233 g/mol. The molecule has 1 aromatic rings. The smallest absolute Gasteiger partial charge is 0.307 e. The van der Waals surface area contributed by atoms with Gasteiger partial charge in [0.1, 0.15) is 0 Å². The molecular weight excluding hydrogens is 218 g/mol. The Morgan fingerprint density at radius 3 is 2.47 bits per heavy atom. The Labute approximate surface area is 99.6 Å². The molecule has 4 heteroatoms. The molecule has 4 nitrogen and oxygen atoms in total. The summed E-state index contributed by atoms with van der Waals surface area (Å²) in [5.41, 5.74) is 1.02. The second kappa shape index (κ2) is 4.57. The molecule has 0 heterocycles. The molecule has 0 radical (unpaired) electrons. The summed E-state index contributed by atoms with van der Waals surface area (Å²) in [6, 6.07) is 9.53. The third kappa shape index (κ3) is 2.64. The molecule has 1 saturated carbocycles. The molecule has 1 amide bonds. The van der Waals surface area contributed by atoms with Gasteiger partial charge in [-0.05, 0) is 18.9 Å². The van der Waals surface area contributed by atoms with E-state index >= 15 is 0 Å². The summed E-state index contributed by atoms with van der Waals surface area (Å²) in [5, 5.41) is 11.6. The van der Waals surface area contributed by atoms with E-state index in [4.69, 9.17) is 5.11 Å². The zero-order valence-electron chi connectivity index (χ0n) is 9.59. The maximum absolute atomic E-state index is 11.7. The van der Waals surface area contributed by atoms with E-state index in [2.05, 4.69) is 5.32 Å². The number of rotatable bonds is 4. The maximum atomic E-state index is 11.7. The lowest BCUT2D eigenvalue weighted by atomic mass is 10.1. The molecule has 1 aliphatic rings. The fraction of sp³-hybridized carbons (Fsp3) is 0.385. The Bertz CT molecular complexity index is 430. The van der Waals surface area contributed by atoms with Crippen molar-refractivity contribution in [3.8, 4) is 0 Å². The minimum atomic E-state index is -0.877. The number of nitrogens with one attached hydrogen (secondary N) is 1. The predicted octanol–water partition coefficient (Wildman–Crippen LogP) is 1.58. The van der Waals surface area contributed by atoms with Crippen LogP contribution >= 0.6 is 0 Å². The van der Waals surface area contributed by atoms with Crippen LogP contribution < -0.4 is 5.32 Å². The molecule has 2 N–H and O–H groups in total. The summed E-state index contributed by atoms with van der Waals surface area (Å²) >= 11 is 0. The van der Waals surface area contributed by atoms with Crippen LogP contribution in [0.5, 0.6) is 0 Å². The van der Waals surface area contributed by atoms with E-state index in [1.807, 2.05) is 37.3 Å². The third-order valence-corrected chi connectivity index (χ3v) is 3.10. The van der Waals surface area contributed by atoms with Gasteiger partial charge in [0, 0.05) is 0 Å². The number of hydrogen-bond acceptors (Lipinski definition) is 2. The van der Waals surface area contributed by atoms with Crippen molar-refractivity contribution in [2.24, 2.45) is 11.8 Å². The fourth-order valence-corrected chi connectivity index (χ4v) is 1.90. The zero-order chi connectivity index (χ0) is 12.4. The number of hydrogen-bond donors (Lipinski definition) is 2. The maximum Gasteiger partial charge on any atom is 0.307 e. The Kier molecular flexibility index (Phi) is 3.13.